The molecular formula is C10H14ClNO. The highest BCUT2D eigenvalue weighted by molar-refractivity contribution is 6.30. The SMILES string of the molecule is CC(N)(CCO)c1cccc(Cl)c1. The van der Waals surface area contributed by atoms with E-state index in [2.05, 4.69) is 0 Å². The van der Waals surface area contributed by atoms with Gasteiger partial charge in [0.05, 0.1) is 0 Å². The molecule has 0 saturated carbocycles. The first-order valence-corrected chi connectivity index (χ1v) is 4.60. The summed E-state index contributed by atoms with van der Waals surface area (Å²) in [6.07, 6.45) is 0.535. The van der Waals surface area contributed by atoms with Crippen LogP contribution in [0.25, 0.3) is 0 Å². The fraction of sp³-hybridized carbons (Fsp3) is 0.400. The molecule has 1 unspecified atom stereocenters. The zero-order chi connectivity index (χ0) is 9.90. The van der Waals surface area contributed by atoms with Crippen LogP contribution in [-0.2, 0) is 5.54 Å². The number of halogens is 1. The molecule has 1 aromatic rings. The smallest absolute Gasteiger partial charge is 0.0451 e. The maximum Gasteiger partial charge on any atom is 0.0451 e. The molecule has 1 aromatic carbocycles. The lowest BCUT2D eigenvalue weighted by molar-refractivity contribution is 0.247. The van der Waals surface area contributed by atoms with Crippen LogP contribution in [-0.4, -0.2) is 11.7 Å². The highest BCUT2D eigenvalue weighted by atomic mass is 35.5. The normalized spacial score (nSPS) is 15.4. The monoisotopic (exact) mass is 199 g/mol. The van der Waals surface area contributed by atoms with Crippen LogP contribution in [0, 0.1) is 0 Å². The lowest BCUT2D eigenvalue weighted by Crippen LogP contribution is -2.33. The largest absolute Gasteiger partial charge is 0.396 e. The second kappa shape index (κ2) is 4.09. The molecule has 0 fully saturated rings. The predicted molar refractivity (Wildman–Crippen MR) is 54.7 cm³/mol. The Balaban J connectivity index is 2.93. The molecule has 13 heavy (non-hydrogen) atoms. The van der Waals surface area contributed by atoms with Crippen LogP contribution in [0.1, 0.15) is 18.9 Å². The third-order valence-electron chi connectivity index (χ3n) is 2.12. The Morgan fingerprint density at radius 1 is 1.54 bits per heavy atom. The minimum Gasteiger partial charge on any atom is -0.396 e. The van der Waals surface area contributed by atoms with Crippen molar-refractivity contribution in [3.8, 4) is 0 Å². The number of rotatable bonds is 3. The molecule has 3 heteroatoms. The summed E-state index contributed by atoms with van der Waals surface area (Å²) >= 11 is 5.83. The van der Waals surface area contributed by atoms with Crippen LogP contribution in [0.4, 0.5) is 0 Å². The van der Waals surface area contributed by atoms with Gasteiger partial charge in [0.2, 0.25) is 0 Å². The summed E-state index contributed by atoms with van der Waals surface area (Å²) < 4.78 is 0. The van der Waals surface area contributed by atoms with Crippen molar-refractivity contribution in [3.05, 3.63) is 34.9 Å². The maximum absolute atomic E-state index is 8.82. The van der Waals surface area contributed by atoms with Crippen LogP contribution in [0.5, 0.6) is 0 Å². The Morgan fingerprint density at radius 2 is 2.23 bits per heavy atom. The zero-order valence-electron chi connectivity index (χ0n) is 7.63. The first-order chi connectivity index (χ1) is 6.06. The third-order valence-corrected chi connectivity index (χ3v) is 2.35. The van der Waals surface area contributed by atoms with Crippen LogP contribution in [0.3, 0.4) is 0 Å². The van der Waals surface area contributed by atoms with E-state index in [-0.39, 0.29) is 6.61 Å². The quantitative estimate of drug-likeness (QED) is 0.781. The van der Waals surface area contributed by atoms with Crippen molar-refractivity contribution in [1.29, 1.82) is 0 Å². The van der Waals surface area contributed by atoms with Gasteiger partial charge >= 0.3 is 0 Å². The maximum atomic E-state index is 8.82. The number of benzene rings is 1. The van der Waals surface area contributed by atoms with Gasteiger partial charge in [-0.2, -0.15) is 0 Å². The highest BCUT2D eigenvalue weighted by Crippen LogP contribution is 2.23. The Bertz CT molecular complexity index is 286. The van der Waals surface area contributed by atoms with Crippen molar-refractivity contribution in [2.45, 2.75) is 18.9 Å². The Kier molecular flexibility index (Phi) is 3.31. The third kappa shape index (κ3) is 2.69. The molecular weight excluding hydrogens is 186 g/mol. The van der Waals surface area contributed by atoms with Crippen molar-refractivity contribution < 1.29 is 5.11 Å². The van der Waals surface area contributed by atoms with Crippen molar-refractivity contribution in [2.24, 2.45) is 5.73 Å². The van der Waals surface area contributed by atoms with E-state index in [1.807, 2.05) is 25.1 Å². The summed E-state index contributed by atoms with van der Waals surface area (Å²) in [5.41, 5.74) is 6.45. The summed E-state index contributed by atoms with van der Waals surface area (Å²) in [5.74, 6) is 0. The van der Waals surface area contributed by atoms with E-state index in [9.17, 15) is 0 Å². The molecule has 3 N–H and O–H groups in total. The van der Waals surface area contributed by atoms with Gasteiger partial charge in [-0.15, -0.1) is 0 Å². The van der Waals surface area contributed by atoms with Crippen LogP contribution in [0.2, 0.25) is 5.02 Å². The van der Waals surface area contributed by atoms with Crippen molar-refractivity contribution >= 4 is 11.6 Å². The molecule has 1 rings (SSSR count). The van der Waals surface area contributed by atoms with E-state index in [1.54, 1.807) is 6.07 Å². The fourth-order valence-corrected chi connectivity index (χ4v) is 1.41. The van der Waals surface area contributed by atoms with Crippen molar-refractivity contribution in [3.63, 3.8) is 0 Å². The second-order valence-electron chi connectivity index (χ2n) is 3.40. The summed E-state index contributed by atoms with van der Waals surface area (Å²) in [5, 5.41) is 9.49. The first kappa shape index (κ1) is 10.5. The minimum atomic E-state index is -0.500. The number of nitrogens with two attached hydrogens (primary N) is 1. The van der Waals surface area contributed by atoms with Gasteiger partial charge in [-0.1, -0.05) is 23.7 Å². The molecule has 0 aromatic heterocycles. The van der Waals surface area contributed by atoms with Gasteiger partial charge in [0.25, 0.3) is 0 Å². The summed E-state index contributed by atoms with van der Waals surface area (Å²) in [4.78, 5) is 0. The first-order valence-electron chi connectivity index (χ1n) is 4.22. The van der Waals surface area contributed by atoms with Crippen molar-refractivity contribution in [2.75, 3.05) is 6.61 Å². The van der Waals surface area contributed by atoms with Gasteiger partial charge < -0.3 is 10.8 Å². The predicted octanol–water partition coefficient (Wildman–Crippen LogP) is 1.90. The molecule has 0 aliphatic rings. The van der Waals surface area contributed by atoms with Gasteiger partial charge in [-0.3, -0.25) is 0 Å². The molecule has 1 atom stereocenters. The average Bonchev–Trinajstić information content (AvgIpc) is 2.04. The van der Waals surface area contributed by atoms with Crippen molar-refractivity contribution in [1.82, 2.24) is 0 Å². The van der Waals surface area contributed by atoms with Crippen LogP contribution in [0.15, 0.2) is 24.3 Å². The lowest BCUT2D eigenvalue weighted by Gasteiger charge is -2.24. The summed E-state index contributed by atoms with van der Waals surface area (Å²) in [7, 11) is 0. The Morgan fingerprint density at radius 3 is 2.77 bits per heavy atom. The molecule has 0 radical (unpaired) electrons. The number of hydrogen-bond acceptors (Lipinski definition) is 2. The topological polar surface area (TPSA) is 46.2 Å². The second-order valence-corrected chi connectivity index (χ2v) is 3.84. The standard InChI is InChI=1S/C10H14ClNO/c1-10(12,5-6-13)8-3-2-4-9(11)7-8/h2-4,7,13H,5-6,12H2,1H3. The van der Waals surface area contributed by atoms with Crippen LogP contribution >= 0.6 is 11.6 Å². The molecule has 0 bridgehead atoms. The molecule has 0 saturated heterocycles. The van der Waals surface area contributed by atoms with Gasteiger partial charge in [-0.05, 0) is 31.0 Å². The highest BCUT2D eigenvalue weighted by Gasteiger charge is 2.20. The van der Waals surface area contributed by atoms with E-state index >= 15 is 0 Å². The fourth-order valence-electron chi connectivity index (χ4n) is 1.22. The molecule has 2 nitrogen and oxygen atoms in total. The lowest BCUT2D eigenvalue weighted by atomic mass is 9.90. The summed E-state index contributed by atoms with van der Waals surface area (Å²) in [6, 6.07) is 7.42. The van der Waals surface area contributed by atoms with E-state index in [1.165, 1.54) is 0 Å². The average molecular weight is 200 g/mol. The number of aliphatic hydroxyl groups is 1. The molecule has 0 aliphatic heterocycles. The molecule has 0 aliphatic carbocycles. The molecule has 0 heterocycles. The van der Waals surface area contributed by atoms with E-state index in [4.69, 9.17) is 22.4 Å². The van der Waals surface area contributed by atoms with Gasteiger partial charge in [-0.25, -0.2) is 0 Å². The van der Waals surface area contributed by atoms with Gasteiger partial charge in [0, 0.05) is 17.2 Å². The molecule has 0 amide bonds. The van der Waals surface area contributed by atoms with Gasteiger partial charge in [0.15, 0.2) is 0 Å². The zero-order valence-corrected chi connectivity index (χ0v) is 8.38. The number of hydrogen-bond donors (Lipinski definition) is 2. The Labute approximate surface area is 83.3 Å². The molecule has 72 valence electrons. The summed E-state index contributed by atoms with van der Waals surface area (Å²) in [6.45, 7) is 1.97. The van der Waals surface area contributed by atoms with E-state index < -0.39 is 5.54 Å². The number of aliphatic hydroxyl groups excluding tert-OH is 1. The van der Waals surface area contributed by atoms with Gasteiger partial charge in [0.1, 0.15) is 0 Å². The molecule has 0 spiro atoms. The van der Waals surface area contributed by atoms with E-state index in [0.29, 0.717) is 11.4 Å². The minimum absolute atomic E-state index is 0.0829. The Hall–Kier alpha value is -0.570. The van der Waals surface area contributed by atoms with Crippen LogP contribution < -0.4 is 5.73 Å². The van der Waals surface area contributed by atoms with E-state index in [0.717, 1.165) is 5.56 Å².